The van der Waals surface area contributed by atoms with Crippen molar-refractivity contribution < 1.29 is 28.3 Å². The molecule has 1 N–H and O–H groups in total. The molecule has 0 aliphatic heterocycles. The number of rotatable bonds is 9. The molecule has 0 aliphatic carbocycles. The molecule has 0 heterocycles. The molecule has 1 amide bonds. The number of benzene rings is 2. The second-order valence-corrected chi connectivity index (χ2v) is 6.00. The van der Waals surface area contributed by atoms with Crippen molar-refractivity contribution in [3.05, 3.63) is 71.3 Å². The first-order valence-corrected chi connectivity index (χ1v) is 8.38. The standard InChI is InChI=1S/C20H19F2NO4/c21-16-7-6-14(12-17(16)22)13-23(11-10-20(26)27)19(25)9-8-18(24)15-4-2-1-3-5-15/h1-7,12H,8-11,13H2,(H,26,27). The summed E-state index contributed by atoms with van der Waals surface area (Å²) in [6, 6.07) is 11.8. The molecular formula is C20H19F2NO4. The number of Topliss-reactive ketones (excluding diaryl/α,β-unsaturated/α-hetero) is 1. The molecule has 2 aromatic carbocycles. The summed E-state index contributed by atoms with van der Waals surface area (Å²) < 4.78 is 26.4. The third kappa shape index (κ3) is 6.29. The van der Waals surface area contributed by atoms with E-state index in [1.807, 2.05) is 0 Å². The first kappa shape index (κ1) is 20.2. The summed E-state index contributed by atoms with van der Waals surface area (Å²) in [5, 5.41) is 8.86. The Morgan fingerprint density at radius 2 is 1.59 bits per heavy atom. The van der Waals surface area contributed by atoms with Crippen molar-refractivity contribution in [1.29, 1.82) is 0 Å². The number of hydrogen-bond donors (Lipinski definition) is 1. The average Bonchev–Trinajstić information content (AvgIpc) is 2.66. The monoisotopic (exact) mass is 375 g/mol. The van der Waals surface area contributed by atoms with Crippen LogP contribution in [0, 0.1) is 11.6 Å². The number of halogens is 2. The van der Waals surface area contributed by atoms with E-state index < -0.39 is 23.5 Å². The summed E-state index contributed by atoms with van der Waals surface area (Å²) in [7, 11) is 0. The van der Waals surface area contributed by atoms with Crippen molar-refractivity contribution in [3.8, 4) is 0 Å². The molecule has 0 bridgehead atoms. The van der Waals surface area contributed by atoms with E-state index in [9.17, 15) is 23.2 Å². The Bertz CT molecular complexity index is 824. The molecule has 142 valence electrons. The highest BCUT2D eigenvalue weighted by atomic mass is 19.2. The predicted molar refractivity (Wildman–Crippen MR) is 94.0 cm³/mol. The fraction of sp³-hybridized carbons (Fsp3) is 0.250. The number of aliphatic carboxylic acids is 1. The van der Waals surface area contributed by atoms with Crippen molar-refractivity contribution in [1.82, 2.24) is 4.90 Å². The van der Waals surface area contributed by atoms with E-state index >= 15 is 0 Å². The Hall–Kier alpha value is -3.09. The van der Waals surface area contributed by atoms with Crippen molar-refractivity contribution in [3.63, 3.8) is 0 Å². The Kier molecular flexibility index (Phi) is 7.16. The molecule has 2 aromatic rings. The summed E-state index contributed by atoms with van der Waals surface area (Å²) in [6.45, 7) is -0.157. The van der Waals surface area contributed by atoms with Crippen LogP contribution in [-0.2, 0) is 16.1 Å². The zero-order valence-corrected chi connectivity index (χ0v) is 14.5. The van der Waals surface area contributed by atoms with Crippen molar-refractivity contribution in [2.24, 2.45) is 0 Å². The van der Waals surface area contributed by atoms with Gasteiger partial charge in [0.1, 0.15) is 0 Å². The molecule has 0 saturated heterocycles. The topological polar surface area (TPSA) is 74.7 Å². The average molecular weight is 375 g/mol. The Morgan fingerprint density at radius 3 is 2.22 bits per heavy atom. The van der Waals surface area contributed by atoms with Crippen LogP contribution < -0.4 is 0 Å². The maximum atomic E-state index is 13.4. The van der Waals surface area contributed by atoms with Gasteiger partial charge in [-0.2, -0.15) is 0 Å². The van der Waals surface area contributed by atoms with E-state index in [1.165, 1.54) is 11.0 Å². The van der Waals surface area contributed by atoms with Crippen molar-refractivity contribution in [2.75, 3.05) is 6.54 Å². The summed E-state index contributed by atoms with van der Waals surface area (Å²) >= 11 is 0. The SMILES string of the molecule is O=C(O)CCN(Cc1ccc(F)c(F)c1)C(=O)CCC(=O)c1ccccc1. The van der Waals surface area contributed by atoms with Gasteiger partial charge in [-0.3, -0.25) is 14.4 Å². The number of ketones is 1. The molecule has 0 atom stereocenters. The second-order valence-electron chi connectivity index (χ2n) is 6.00. The molecule has 2 rings (SSSR count). The number of carbonyl (C=O) groups is 3. The zero-order valence-electron chi connectivity index (χ0n) is 14.5. The van der Waals surface area contributed by atoms with Gasteiger partial charge in [-0.25, -0.2) is 8.78 Å². The minimum atomic E-state index is -1.08. The molecule has 0 fully saturated rings. The minimum absolute atomic E-state index is 0.0236. The van der Waals surface area contributed by atoms with Gasteiger partial charge in [-0.1, -0.05) is 36.4 Å². The summed E-state index contributed by atoms with van der Waals surface area (Å²) in [5.41, 5.74) is 0.824. The number of hydrogen-bond acceptors (Lipinski definition) is 3. The quantitative estimate of drug-likeness (QED) is 0.682. The number of nitrogens with zero attached hydrogens (tertiary/aromatic N) is 1. The van der Waals surface area contributed by atoms with Crippen LogP contribution in [0.3, 0.4) is 0 Å². The molecule has 7 heteroatoms. The van der Waals surface area contributed by atoms with Gasteiger partial charge in [-0.05, 0) is 17.7 Å². The lowest BCUT2D eigenvalue weighted by Crippen LogP contribution is -2.32. The number of amides is 1. The fourth-order valence-electron chi connectivity index (χ4n) is 2.53. The maximum Gasteiger partial charge on any atom is 0.305 e. The number of carbonyl (C=O) groups excluding carboxylic acids is 2. The lowest BCUT2D eigenvalue weighted by Gasteiger charge is -2.22. The normalized spacial score (nSPS) is 10.4. The van der Waals surface area contributed by atoms with Crippen LogP contribution in [-0.4, -0.2) is 34.2 Å². The van der Waals surface area contributed by atoms with E-state index in [-0.39, 0.29) is 38.1 Å². The van der Waals surface area contributed by atoms with Crippen LogP contribution in [0.25, 0.3) is 0 Å². The minimum Gasteiger partial charge on any atom is -0.481 e. The van der Waals surface area contributed by atoms with Crippen molar-refractivity contribution >= 4 is 17.7 Å². The van der Waals surface area contributed by atoms with Gasteiger partial charge in [0, 0.05) is 31.5 Å². The Balaban J connectivity index is 2.03. The Labute approximate surface area is 155 Å². The van der Waals surface area contributed by atoms with Crippen LogP contribution in [0.4, 0.5) is 8.78 Å². The van der Waals surface area contributed by atoms with Crippen LogP contribution in [0.2, 0.25) is 0 Å². The third-order valence-electron chi connectivity index (χ3n) is 3.97. The molecule has 0 unspecified atom stereocenters. The highest BCUT2D eigenvalue weighted by Crippen LogP contribution is 2.14. The van der Waals surface area contributed by atoms with E-state index in [2.05, 4.69) is 0 Å². The smallest absolute Gasteiger partial charge is 0.305 e. The summed E-state index contributed by atoms with van der Waals surface area (Å²) in [5.74, 6) is -3.76. The number of carboxylic acid groups (broad SMARTS) is 1. The molecule has 27 heavy (non-hydrogen) atoms. The van der Waals surface area contributed by atoms with Gasteiger partial charge in [0.25, 0.3) is 0 Å². The van der Waals surface area contributed by atoms with Gasteiger partial charge in [0.05, 0.1) is 6.42 Å². The molecule has 0 spiro atoms. The van der Waals surface area contributed by atoms with Crippen LogP contribution in [0.1, 0.15) is 35.2 Å². The first-order valence-electron chi connectivity index (χ1n) is 8.38. The molecule has 0 aromatic heterocycles. The fourth-order valence-corrected chi connectivity index (χ4v) is 2.53. The summed E-state index contributed by atoms with van der Waals surface area (Å²) in [4.78, 5) is 36.6. The molecule has 0 radical (unpaired) electrons. The second kappa shape index (κ2) is 9.56. The molecule has 0 saturated carbocycles. The molecular weight excluding hydrogens is 356 g/mol. The van der Waals surface area contributed by atoms with Gasteiger partial charge >= 0.3 is 5.97 Å². The molecule has 0 aliphatic rings. The van der Waals surface area contributed by atoms with E-state index in [0.717, 1.165) is 12.1 Å². The molecule has 5 nitrogen and oxygen atoms in total. The van der Waals surface area contributed by atoms with Gasteiger partial charge in [-0.15, -0.1) is 0 Å². The highest BCUT2D eigenvalue weighted by Gasteiger charge is 2.18. The zero-order chi connectivity index (χ0) is 19.8. The lowest BCUT2D eigenvalue weighted by molar-refractivity contribution is -0.138. The highest BCUT2D eigenvalue weighted by molar-refractivity contribution is 5.97. The van der Waals surface area contributed by atoms with Crippen LogP contribution >= 0.6 is 0 Å². The van der Waals surface area contributed by atoms with E-state index in [4.69, 9.17) is 5.11 Å². The van der Waals surface area contributed by atoms with Gasteiger partial charge in [0.2, 0.25) is 5.91 Å². The van der Waals surface area contributed by atoms with Gasteiger partial charge in [0.15, 0.2) is 17.4 Å². The Morgan fingerprint density at radius 1 is 0.889 bits per heavy atom. The van der Waals surface area contributed by atoms with E-state index in [1.54, 1.807) is 30.3 Å². The van der Waals surface area contributed by atoms with Crippen LogP contribution in [0.5, 0.6) is 0 Å². The first-order chi connectivity index (χ1) is 12.9. The third-order valence-corrected chi connectivity index (χ3v) is 3.97. The summed E-state index contributed by atoms with van der Waals surface area (Å²) in [6.07, 6.45) is -0.413. The van der Waals surface area contributed by atoms with Crippen LogP contribution in [0.15, 0.2) is 48.5 Å². The maximum absolute atomic E-state index is 13.4. The van der Waals surface area contributed by atoms with E-state index in [0.29, 0.717) is 11.1 Å². The number of carboxylic acids is 1. The lowest BCUT2D eigenvalue weighted by atomic mass is 10.1. The largest absolute Gasteiger partial charge is 0.481 e. The van der Waals surface area contributed by atoms with Crippen molar-refractivity contribution in [2.45, 2.75) is 25.8 Å². The predicted octanol–water partition coefficient (Wildman–Crippen LogP) is 3.43. The van der Waals surface area contributed by atoms with Gasteiger partial charge < -0.3 is 10.0 Å².